The summed E-state index contributed by atoms with van der Waals surface area (Å²) >= 11 is 0. The van der Waals surface area contributed by atoms with Gasteiger partial charge in [0.05, 0.1) is 7.05 Å². The van der Waals surface area contributed by atoms with E-state index in [9.17, 15) is 9.59 Å². The molecule has 3 rings (SSSR count). The quantitative estimate of drug-likeness (QED) is 0.606. The van der Waals surface area contributed by atoms with Crippen LogP contribution < -0.4 is 4.99 Å². The lowest BCUT2D eigenvalue weighted by Gasteiger charge is -2.41. The van der Waals surface area contributed by atoms with Gasteiger partial charge in [0.2, 0.25) is 5.91 Å². The first-order chi connectivity index (χ1) is 9.99. The van der Waals surface area contributed by atoms with Crippen molar-refractivity contribution in [2.75, 3.05) is 47.4 Å². The Morgan fingerprint density at radius 3 is 2.38 bits per heavy atom. The summed E-state index contributed by atoms with van der Waals surface area (Å²) in [6.07, 6.45) is 2.28. The highest BCUT2D eigenvalue weighted by Gasteiger charge is 2.49. The van der Waals surface area contributed by atoms with Gasteiger partial charge in [-0.15, -0.1) is 0 Å². The standard InChI is InChI=1S/C14H23N5O2/c1-16-6-4-10(5-7-16)19-8-11-12(15-9-19)17(2)14(21)18(3)13(11)20/h10-11H,4-9H2,1-3H3/p+1. The summed E-state index contributed by atoms with van der Waals surface area (Å²) in [6.45, 7) is 3.63. The molecule has 21 heavy (non-hydrogen) atoms. The van der Waals surface area contributed by atoms with Crippen LogP contribution in [-0.4, -0.2) is 90.9 Å². The summed E-state index contributed by atoms with van der Waals surface area (Å²) in [6, 6.07) is 0.266. The summed E-state index contributed by atoms with van der Waals surface area (Å²) in [5, 5.41) is 0. The average Bonchev–Trinajstić information content (AvgIpc) is 2.51. The largest absolute Gasteiger partial charge is 0.417 e. The number of amidine groups is 1. The number of urea groups is 1. The van der Waals surface area contributed by atoms with Gasteiger partial charge in [-0.3, -0.25) is 14.7 Å². The fraction of sp³-hybridized carbons (Fsp3) is 0.786. The van der Waals surface area contributed by atoms with Gasteiger partial charge in [-0.1, -0.05) is 0 Å². The summed E-state index contributed by atoms with van der Waals surface area (Å²) in [7, 11) is 5.44. The number of carbonyl (C=O) groups excluding carboxylic acids is 2. The lowest BCUT2D eigenvalue weighted by atomic mass is 9.97. The second-order valence-corrected chi connectivity index (χ2v) is 6.32. The van der Waals surface area contributed by atoms with Crippen LogP contribution in [0.15, 0.2) is 0 Å². The highest BCUT2D eigenvalue weighted by Crippen LogP contribution is 2.21. The number of nitrogens with one attached hydrogen (secondary N) is 1. The number of imide groups is 1. The SMILES string of the molecule is CN1CCC(N2C[NH+]=C3C(C2)C(=O)N(C)C(=O)N3C)CC1. The maximum atomic E-state index is 12.4. The zero-order chi connectivity index (χ0) is 15.1. The molecule has 0 bridgehead atoms. The van der Waals surface area contributed by atoms with Crippen LogP contribution in [0.5, 0.6) is 0 Å². The summed E-state index contributed by atoms with van der Waals surface area (Å²) in [5.41, 5.74) is 0. The molecule has 7 nitrogen and oxygen atoms in total. The Hall–Kier alpha value is -1.47. The van der Waals surface area contributed by atoms with Crippen molar-refractivity contribution < 1.29 is 14.6 Å². The maximum absolute atomic E-state index is 12.4. The van der Waals surface area contributed by atoms with Gasteiger partial charge < -0.3 is 4.90 Å². The number of hydrogen-bond donors (Lipinski definition) is 1. The molecule has 0 aromatic rings. The van der Waals surface area contributed by atoms with Gasteiger partial charge in [-0.05, 0) is 33.0 Å². The molecule has 0 saturated carbocycles. The minimum atomic E-state index is -0.258. The Morgan fingerprint density at radius 2 is 1.71 bits per heavy atom. The molecule has 3 aliphatic rings. The predicted molar refractivity (Wildman–Crippen MR) is 77.5 cm³/mol. The van der Waals surface area contributed by atoms with E-state index < -0.39 is 0 Å². The Labute approximate surface area is 125 Å². The smallest absolute Gasteiger partial charge is 0.306 e. The first-order valence-electron chi connectivity index (χ1n) is 7.57. The zero-order valence-corrected chi connectivity index (χ0v) is 13.0. The molecule has 3 heterocycles. The molecular weight excluding hydrogens is 270 g/mol. The molecule has 0 radical (unpaired) electrons. The Morgan fingerprint density at radius 1 is 1.05 bits per heavy atom. The van der Waals surface area contributed by atoms with Gasteiger partial charge in [-0.2, -0.15) is 4.90 Å². The fourth-order valence-electron chi connectivity index (χ4n) is 3.53. The highest BCUT2D eigenvalue weighted by molar-refractivity contribution is 6.16. The molecule has 2 saturated heterocycles. The maximum Gasteiger partial charge on any atom is 0.417 e. The van der Waals surface area contributed by atoms with Crippen molar-refractivity contribution in [1.29, 1.82) is 0 Å². The van der Waals surface area contributed by atoms with Crippen molar-refractivity contribution in [3.8, 4) is 0 Å². The van der Waals surface area contributed by atoms with Crippen LogP contribution in [0.4, 0.5) is 4.79 Å². The molecule has 0 aromatic heterocycles. The minimum Gasteiger partial charge on any atom is -0.306 e. The van der Waals surface area contributed by atoms with E-state index in [1.807, 2.05) is 0 Å². The average molecular weight is 294 g/mol. The van der Waals surface area contributed by atoms with E-state index in [1.54, 1.807) is 19.0 Å². The first-order valence-corrected chi connectivity index (χ1v) is 7.57. The Balaban J connectivity index is 1.76. The number of likely N-dealkylation sites (tertiary alicyclic amines) is 1. The monoisotopic (exact) mass is 294 g/mol. The van der Waals surface area contributed by atoms with Crippen LogP contribution in [0.2, 0.25) is 0 Å². The molecule has 3 amide bonds. The summed E-state index contributed by atoms with van der Waals surface area (Å²) in [4.78, 5) is 35.1. The van der Waals surface area contributed by atoms with Crippen LogP contribution in [0, 0.1) is 5.92 Å². The Kier molecular flexibility index (Phi) is 3.71. The van der Waals surface area contributed by atoms with E-state index in [4.69, 9.17) is 0 Å². The van der Waals surface area contributed by atoms with Crippen molar-refractivity contribution in [1.82, 2.24) is 19.6 Å². The fourth-order valence-corrected chi connectivity index (χ4v) is 3.53. The van der Waals surface area contributed by atoms with Gasteiger partial charge >= 0.3 is 6.03 Å². The van der Waals surface area contributed by atoms with Crippen molar-refractivity contribution in [2.24, 2.45) is 5.92 Å². The van der Waals surface area contributed by atoms with E-state index in [2.05, 4.69) is 21.8 Å². The number of nitrogens with zero attached hydrogens (tertiary/aromatic N) is 4. The second-order valence-electron chi connectivity index (χ2n) is 6.32. The van der Waals surface area contributed by atoms with E-state index in [1.165, 1.54) is 4.90 Å². The third-order valence-electron chi connectivity index (χ3n) is 4.98. The number of hydrogen-bond acceptors (Lipinski definition) is 4. The van der Waals surface area contributed by atoms with Gasteiger partial charge in [0, 0.05) is 19.6 Å². The van der Waals surface area contributed by atoms with Gasteiger partial charge in [0.15, 0.2) is 5.92 Å². The molecule has 1 N–H and O–H groups in total. The minimum absolute atomic E-state index is 0.0989. The third kappa shape index (κ3) is 2.44. The topological polar surface area (TPSA) is 61.1 Å². The van der Waals surface area contributed by atoms with E-state index in [-0.39, 0.29) is 17.9 Å². The molecule has 0 spiro atoms. The molecule has 1 atom stereocenters. The summed E-state index contributed by atoms with van der Waals surface area (Å²) in [5.74, 6) is 0.414. The van der Waals surface area contributed by atoms with Crippen LogP contribution >= 0.6 is 0 Å². The molecule has 2 fully saturated rings. The molecule has 0 aliphatic carbocycles. The predicted octanol–water partition coefficient (Wildman–Crippen LogP) is -2.03. The molecule has 7 heteroatoms. The normalized spacial score (nSPS) is 29.7. The van der Waals surface area contributed by atoms with Crippen LogP contribution in [0.25, 0.3) is 0 Å². The lowest BCUT2D eigenvalue weighted by molar-refractivity contribution is -0.501. The van der Waals surface area contributed by atoms with Crippen LogP contribution in [-0.2, 0) is 4.79 Å². The van der Waals surface area contributed by atoms with Crippen LogP contribution in [0.3, 0.4) is 0 Å². The first kappa shape index (κ1) is 14.5. The zero-order valence-electron chi connectivity index (χ0n) is 13.0. The van der Waals surface area contributed by atoms with E-state index in [0.717, 1.165) is 38.4 Å². The Bertz CT molecular complexity index is 484. The van der Waals surface area contributed by atoms with Crippen molar-refractivity contribution >= 4 is 17.8 Å². The number of fused-ring (bicyclic) bond motifs is 1. The molecular formula is C14H24N5O2+. The highest BCUT2D eigenvalue weighted by atomic mass is 16.2. The molecule has 1 unspecified atom stereocenters. The van der Waals surface area contributed by atoms with E-state index >= 15 is 0 Å². The van der Waals surface area contributed by atoms with Crippen molar-refractivity contribution in [2.45, 2.75) is 18.9 Å². The molecule has 0 aromatic carbocycles. The lowest BCUT2D eigenvalue weighted by Crippen LogP contribution is -2.88. The van der Waals surface area contributed by atoms with Crippen molar-refractivity contribution in [3.05, 3.63) is 0 Å². The number of carbonyl (C=O) groups is 2. The number of rotatable bonds is 1. The third-order valence-corrected chi connectivity index (χ3v) is 4.98. The summed E-state index contributed by atoms with van der Waals surface area (Å²) < 4.78 is 0. The van der Waals surface area contributed by atoms with Crippen molar-refractivity contribution in [3.63, 3.8) is 0 Å². The van der Waals surface area contributed by atoms with Gasteiger partial charge in [0.25, 0.3) is 5.84 Å². The number of amides is 3. The van der Waals surface area contributed by atoms with Gasteiger partial charge in [-0.25, -0.2) is 9.69 Å². The van der Waals surface area contributed by atoms with Gasteiger partial charge in [0.1, 0.15) is 6.67 Å². The molecule has 116 valence electrons. The number of piperidine rings is 1. The molecule has 3 aliphatic heterocycles. The van der Waals surface area contributed by atoms with Crippen LogP contribution in [0.1, 0.15) is 12.8 Å². The second kappa shape index (κ2) is 5.38. The van der Waals surface area contributed by atoms with E-state index in [0.29, 0.717) is 12.6 Å².